The molecule has 2 nitrogen and oxygen atoms in total. The molecule has 0 fully saturated rings. The lowest BCUT2D eigenvalue weighted by Crippen LogP contribution is -2.15. The van der Waals surface area contributed by atoms with Gasteiger partial charge >= 0.3 is 0 Å². The molecular formula is C16H17NO. The van der Waals surface area contributed by atoms with E-state index in [9.17, 15) is 0 Å². The third-order valence-corrected chi connectivity index (χ3v) is 3.81. The second-order valence-electron chi connectivity index (χ2n) is 4.81. The van der Waals surface area contributed by atoms with Gasteiger partial charge in [0.2, 0.25) is 0 Å². The van der Waals surface area contributed by atoms with Gasteiger partial charge in [-0.25, -0.2) is 0 Å². The van der Waals surface area contributed by atoms with Gasteiger partial charge < -0.3 is 10.5 Å². The molecule has 0 aromatic heterocycles. The molecule has 0 spiro atoms. The fraction of sp³-hybridized carbons (Fsp3) is 0.250. The van der Waals surface area contributed by atoms with Crippen molar-refractivity contribution in [1.29, 1.82) is 0 Å². The molecule has 3 rings (SSSR count). The summed E-state index contributed by atoms with van der Waals surface area (Å²) in [5.41, 5.74) is 10.3. The molecule has 1 aliphatic rings. The molecule has 2 heteroatoms. The standard InChI is InChI=1S/C16H17NO/c1-18-13-8-7-12-9-14(16(17)15(12)10-13)11-5-3-2-4-6-11/h2-8,10,14,16H,9,17H2,1H3/t14-,16+/m0/s1. The van der Waals surface area contributed by atoms with Crippen molar-refractivity contribution in [3.8, 4) is 5.75 Å². The molecule has 18 heavy (non-hydrogen) atoms. The minimum Gasteiger partial charge on any atom is -0.497 e. The van der Waals surface area contributed by atoms with E-state index < -0.39 is 0 Å². The summed E-state index contributed by atoms with van der Waals surface area (Å²) in [5, 5.41) is 0. The summed E-state index contributed by atoms with van der Waals surface area (Å²) in [6.07, 6.45) is 1.02. The summed E-state index contributed by atoms with van der Waals surface area (Å²) in [7, 11) is 1.69. The molecule has 0 saturated heterocycles. The van der Waals surface area contributed by atoms with Gasteiger partial charge in [-0.1, -0.05) is 36.4 Å². The molecule has 0 bridgehead atoms. The van der Waals surface area contributed by atoms with Crippen molar-refractivity contribution < 1.29 is 4.74 Å². The van der Waals surface area contributed by atoms with Crippen LogP contribution in [0.5, 0.6) is 5.75 Å². The highest BCUT2D eigenvalue weighted by atomic mass is 16.5. The minimum atomic E-state index is 0.0671. The summed E-state index contributed by atoms with van der Waals surface area (Å²) in [6.45, 7) is 0. The molecule has 2 atom stereocenters. The van der Waals surface area contributed by atoms with Crippen molar-refractivity contribution in [2.24, 2.45) is 5.73 Å². The molecule has 2 N–H and O–H groups in total. The van der Waals surface area contributed by atoms with Crippen LogP contribution in [0.1, 0.15) is 28.7 Å². The SMILES string of the molecule is COc1ccc2c(c1)[C@H](N)[C@H](c1ccccc1)C2. The highest BCUT2D eigenvalue weighted by Crippen LogP contribution is 2.41. The number of fused-ring (bicyclic) bond motifs is 1. The van der Waals surface area contributed by atoms with Crippen molar-refractivity contribution in [2.75, 3.05) is 7.11 Å². The predicted octanol–water partition coefficient (Wildman–Crippen LogP) is 3.03. The molecule has 1 aliphatic carbocycles. The second kappa shape index (κ2) is 4.46. The first kappa shape index (κ1) is 11.3. The second-order valence-corrected chi connectivity index (χ2v) is 4.81. The summed E-state index contributed by atoms with van der Waals surface area (Å²) >= 11 is 0. The summed E-state index contributed by atoms with van der Waals surface area (Å²) in [4.78, 5) is 0. The lowest BCUT2D eigenvalue weighted by molar-refractivity contribution is 0.414. The van der Waals surface area contributed by atoms with Gasteiger partial charge in [0.25, 0.3) is 0 Å². The molecule has 0 aliphatic heterocycles. The number of hydrogen-bond donors (Lipinski definition) is 1. The zero-order valence-electron chi connectivity index (χ0n) is 10.5. The van der Waals surface area contributed by atoms with E-state index >= 15 is 0 Å². The Bertz CT molecular complexity index is 550. The van der Waals surface area contributed by atoms with E-state index in [0.717, 1.165) is 12.2 Å². The highest BCUT2D eigenvalue weighted by Gasteiger charge is 2.30. The van der Waals surface area contributed by atoms with Gasteiger partial charge in [0.05, 0.1) is 7.11 Å². The molecule has 0 saturated carbocycles. The van der Waals surface area contributed by atoms with Gasteiger partial charge in [-0.05, 0) is 35.2 Å². The number of rotatable bonds is 2. The molecule has 2 aromatic rings. The number of ether oxygens (including phenoxy) is 1. The van der Waals surface area contributed by atoms with Gasteiger partial charge in [-0.15, -0.1) is 0 Å². The van der Waals surface area contributed by atoms with Crippen LogP contribution in [-0.2, 0) is 6.42 Å². The van der Waals surface area contributed by atoms with Crippen molar-refractivity contribution >= 4 is 0 Å². The zero-order valence-corrected chi connectivity index (χ0v) is 10.5. The van der Waals surface area contributed by atoms with E-state index in [1.54, 1.807) is 7.11 Å². The van der Waals surface area contributed by atoms with E-state index in [-0.39, 0.29) is 6.04 Å². The van der Waals surface area contributed by atoms with Crippen molar-refractivity contribution in [1.82, 2.24) is 0 Å². The molecule has 2 aromatic carbocycles. The third-order valence-electron chi connectivity index (χ3n) is 3.81. The Kier molecular flexibility index (Phi) is 2.80. The van der Waals surface area contributed by atoms with Crippen LogP contribution in [0.2, 0.25) is 0 Å². The van der Waals surface area contributed by atoms with Crippen LogP contribution in [0.25, 0.3) is 0 Å². The normalized spacial score (nSPS) is 21.7. The summed E-state index contributed by atoms with van der Waals surface area (Å²) < 4.78 is 5.27. The average Bonchev–Trinajstić information content (AvgIpc) is 2.77. The van der Waals surface area contributed by atoms with Crippen molar-refractivity contribution in [2.45, 2.75) is 18.4 Å². The molecule has 0 radical (unpaired) electrons. The van der Waals surface area contributed by atoms with Gasteiger partial charge in [0.15, 0.2) is 0 Å². The largest absolute Gasteiger partial charge is 0.497 e. The molecule has 0 unspecified atom stereocenters. The van der Waals surface area contributed by atoms with Crippen LogP contribution in [0, 0.1) is 0 Å². The van der Waals surface area contributed by atoms with E-state index in [4.69, 9.17) is 10.5 Å². The number of benzene rings is 2. The predicted molar refractivity (Wildman–Crippen MR) is 72.8 cm³/mol. The van der Waals surface area contributed by atoms with Crippen LogP contribution >= 0.6 is 0 Å². The summed E-state index contributed by atoms with van der Waals surface area (Å²) in [6, 6.07) is 16.8. The van der Waals surface area contributed by atoms with E-state index in [1.165, 1.54) is 16.7 Å². The Balaban J connectivity index is 1.96. The Hall–Kier alpha value is -1.80. The quantitative estimate of drug-likeness (QED) is 0.874. The van der Waals surface area contributed by atoms with Crippen LogP contribution in [0.4, 0.5) is 0 Å². The minimum absolute atomic E-state index is 0.0671. The maximum absolute atomic E-state index is 6.39. The Morgan fingerprint density at radius 1 is 1.11 bits per heavy atom. The van der Waals surface area contributed by atoms with Crippen molar-refractivity contribution in [3.05, 3.63) is 65.2 Å². The molecule has 0 heterocycles. The third kappa shape index (κ3) is 1.79. The average molecular weight is 239 g/mol. The van der Waals surface area contributed by atoms with Gasteiger partial charge in [0, 0.05) is 12.0 Å². The van der Waals surface area contributed by atoms with Crippen LogP contribution in [-0.4, -0.2) is 7.11 Å². The molecular weight excluding hydrogens is 222 g/mol. The highest BCUT2D eigenvalue weighted by molar-refractivity contribution is 5.45. The van der Waals surface area contributed by atoms with Gasteiger partial charge in [-0.3, -0.25) is 0 Å². The van der Waals surface area contributed by atoms with Crippen LogP contribution in [0.3, 0.4) is 0 Å². The van der Waals surface area contributed by atoms with Crippen molar-refractivity contribution in [3.63, 3.8) is 0 Å². The van der Waals surface area contributed by atoms with Crippen LogP contribution in [0.15, 0.2) is 48.5 Å². The number of methoxy groups -OCH3 is 1. The van der Waals surface area contributed by atoms with Gasteiger partial charge in [0.1, 0.15) is 5.75 Å². The lowest BCUT2D eigenvalue weighted by atomic mass is 9.93. The monoisotopic (exact) mass is 239 g/mol. The topological polar surface area (TPSA) is 35.2 Å². The van der Waals surface area contributed by atoms with E-state index in [0.29, 0.717) is 5.92 Å². The lowest BCUT2D eigenvalue weighted by Gasteiger charge is -2.16. The first-order valence-corrected chi connectivity index (χ1v) is 6.27. The first-order chi connectivity index (χ1) is 8.79. The number of hydrogen-bond acceptors (Lipinski definition) is 2. The maximum Gasteiger partial charge on any atom is 0.119 e. The van der Waals surface area contributed by atoms with E-state index in [1.807, 2.05) is 12.1 Å². The zero-order chi connectivity index (χ0) is 12.5. The fourth-order valence-corrected chi connectivity index (χ4v) is 2.80. The first-order valence-electron chi connectivity index (χ1n) is 6.27. The van der Waals surface area contributed by atoms with Gasteiger partial charge in [-0.2, -0.15) is 0 Å². The fourth-order valence-electron chi connectivity index (χ4n) is 2.80. The molecule has 0 amide bonds. The summed E-state index contributed by atoms with van der Waals surface area (Å²) in [5.74, 6) is 1.27. The van der Waals surface area contributed by atoms with Crippen LogP contribution < -0.4 is 10.5 Å². The van der Waals surface area contributed by atoms with E-state index in [2.05, 4.69) is 36.4 Å². The molecule has 92 valence electrons. The Labute approximate surface area is 107 Å². The Morgan fingerprint density at radius 2 is 1.89 bits per heavy atom. The number of nitrogens with two attached hydrogens (primary N) is 1. The smallest absolute Gasteiger partial charge is 0.119 e. The Morgan fingerprint density at radius 3 is 2.61 bits per heavy atom. The maximum atomic E-state index is 6.39.